The third kappa shape index (κ3) is 4.61. The number of hydrogen-bond acceptors (Lipinski definition) is 3. The van der Waals surface area contributed by atoms with E-state index in [1.165, 1.54) is 0 Å². The maximum absolute atomic E-state index is 11.2. The van der Waals surface area contributed by atoms with E-state index in [9.17, 15) is 9.59 Å². The zero-order chi connectivity index (χ0) is 12.7. The fourth-order valence-corrected chi connectivity index (χ4v) is 1.72. The standard InChI is InChI=1S/C11H21NO4/c1-4-8(3)10(11(15)16)12(5-2)7-6-9(13)14/h8,10H,4-7H2,1-3H3,(H,13,14)(H,15,16). The lowest BCUT2D eigenvalue weighted by Crippen LogP contribution is -2.46. The summed E-state index contributed by atoms with van der Waals surface area (Å²) in [6.07, 6.45) is 0.745. The molecule has 0 fully saturated rings. The Morgan fingerprint density at radius 1 is 1.25 bits per heavy atom. The molecule has 2 N–H and O–H groups in total. The van der Waals surface area contributed by atoms with Crippen molar-refractivity contribution >= 4 is 11.9 Å². The van der Waals surface area contributed by atoms with E-state index in [1.54, 1.807) is 4.90 Å². The summed E-state index contributed by atoms with van der Waals surface area (Å²) in [7, 11) is 0. The highest BCUT2D eigenvalue weighted by Gasteiger charge is 2.29. The minimum atomic E-state index is -0.897. The smallest absolute Gasteiger partial charge is 0.321 e. The SMILES string of the molecule is CCC(C)C(C(=O)O)N(CC)CCC(=O)O. The summed E-state index contributed by atoms with van der Waals surface area (Å²) in [5, 5.41) is 17.8. The number of carboxylic acid groups (broad SMARTS) is 2. The molecule has 94 valence electrons. The van der Waals surface area contributed by atoms with Gasteiger partial charge in [0.05, 0.1) is 6.42 Å². The van der Waals surface area contributed by atoms with Gasteiger partial charge >= 0.3 is 11.9 Å². The van der Waals surface area contributed by atoms with Gasteiger partial charge in [-0.25, -0.2) is 0 Å². The number of carboxylic acids is 2. The molecule has 0 radical (unpaired) electrons. The van der Waals surface area contributed by atoms with Crippen LogP contribution in [-0.4, -0.2) is 46.2 Å². The molecule has 0 amide bonds. The van der Waals surface area contributed by atoms with Crippen LogP contribution in [0.1, 0.15) is 33.6 Å². The van der Waals surface area contributed by atoms with Crippen molar-refractivity contribution < 1.29 is 19.8 Å². The van der Waals surface area contributed by atoms with Gasteiger partial charge in [0.15, 0.2) is 0 Å². The molecule has 0 saturated heterocycles. The summed E-state index contributed by atoms with van der Waals surface area (Å²) >= 11 is 0. The van der Waals surface area contributed by atoms with E-state index < -0.39 is 18.0 Å². The lowest BCUT2D eigenvalue weighted by atomic mass is 9.97. The number of likely N-dealkylation sites (N-methyl/N-ethyl adjacent to an activating group) is 1. The average Bonchev–Trinajstić information content (AvgIpc) is 2.22. The summed E-state index contributed by atoms with van der Waals surface area (Å²) in [5.41, 5.74) is 0. The van der Waals surface area contributed by atoms with Crippen LogP contribution in [0.2, 0.25) is 0 Å². The molecule has 0 aliphatic carbocycles. The predicted octanol–water partition coefficient (Wildman–Crippen LogP) is 1.28. The molecule has 0 aromatic heterocycles. The van der Waals surface area contributed by atoms with E-state index in [2.05, 4.69) is 0 Å². The lowest BCUT2D eigenvalue weighted by molar-refractivity contribution is -0.147. The molecule has 2 atom stereocenters. The van der Waals surface area contributed by atoms with E-state index in [1.807, 2.05) is 20.8 Å². The number of rotatable bonds is 8. The second kappa shape index (κ2) is 7.22. The highest BCUT2D eigenvalue weighted by atomic mass is 16.4. The lowest BCUT2D eigenvalue weighted by Gasteiger charge is -2.30. The van der Waals surface area contributed by atoms with Gasteiger partial charge in [0.2, 0.25) is 0 Å². The first-order valence-corrected chi connectivity index (χ1v) is 5.62. The van der Waals surface area contributed by atoms with Crippen LogP contribution in [0.15, 0.2) is 0 Å². The van der Waals surface area contributed by atoms with Crippen LogP contribution >= 0.6 is 0 Å². The van der Waals surface area contributed by atoms with Crippen molar-refractivity contribution in [1.82, 2.24) is 4.90 Å². The van der Waals surface area contributed by atoms with Gasteiger partial charge in [-0.3, -0.25) is 14.5 Å². The van der Waals surface area contributed by atoms with Crippen LogP contribution in [0.5, 0.6) is 0 Å². The van der Waals surface area contributed by atoms with Crippen molar-refractivity contribution in [3.05, 3.63) is 0 Å². The molecule has 0 aromatic rings. The second-order valence-corrected chi connectivity index (χ2v) is 3.94. The van der Waals surface area contributed by atoms with Crippen molar-refractivity contribution in [2.24, 2.45) is 5.92 Å². The van der Waals surface area contributed by atoms with Crippen LogP contribution in [0, 0.1) is 5.92 Å². The van der Waals surface area contributed by atoms with Gasteiger partial charge in [-0.15, -0.1) is 0 Å². The Balaban J connectivity index is 4.58. The van der Waals surface area contributed by atoms with Crippen molar-refractivity contribution in [2.75, 3.05) is 13.1 Å². The van der Waals surface area contributed by atoms with Crippen LogP contribution in [0.3, 0.4) is 0 Å². The summed E-state index contributed by atoms with van der Waals surface area (Å²) in [6.45, 7) is 6.50. The molecule has 0 aromatic carbocycles. The molecule has 0 rings (SSSR count). The quantitative estimate of drug-likeness (QED) is 0.658. The number of hydrogen-bond donors (Lipinski definition) is 2. The molecule has 5 heteroatoms. The molecule has 16 heavy (non-hydrogen) atoms. The molecule has 0 saturated carbocycles. The second-order valence-electron chi connectivity index (χ2n) is 3.94. The van der Waals surface area contributed by atoms with Crippen molar-refractivity contribution in [1.29, 1.82) is 0 Å². The largest absolute Gasteiger partial charge is 0.481 e. The predicted molar refractivity (Wildman–Crippen MR) is 60.4 cm³/mol. The Morgan fingerprint density at radius 3 is 2.12 bits per heavy atom. The van der Waals surface area contributed by atoms with Crippen LogP contribution in [0.4, 0.5) is 0 Å². The number of carbonyl (C=O) groups is 2. The van der Waals surface area contributed by atoms with Gasteiger partial charge < -0.3 is 10.2 Å². The van der Waals surface area contributed by atoms with Gasteiger partial charge in [-0.05, 0) is 12.5 Å². The average molecular weight is 231 g/mol. The van der Waals surface area contributed by atoms with Crippen molar-refractivity contribution in [3.8, 4) is 0 Å². The van der Waals surface area contributed by atoms with Crippen LogP contribution in [0.25, 0.3) is 0 Å². The zero-order valence-electron chi connectivity index (χ0n) is 10.1. The van der Waals surface area contributed by atoms with E-state index >= 15 is 0 Å². The van der Waals surface area contributed by atoms with E-state index in [0.717, 1.165) is 6.42 Å². The van der Waals surface area contributed by atoms with Crippen LogP contribution < -0.4 is 0 Å². The fraction of sp³-hybridized carbons (Fsp3) is 0.818. The highest BCUT2D eigenvalue weighted by Crippen LogP contribution is 2.15. The monoisotopic (exact) mass is 231 g/mol. The number of nitrogens with zero attached hydrogens (tertiary/aromatic N) is 1. The third-order valence-corrected chi connectivity index (χ3v) is 2.85. The van der Waals surface area contributed by atoms with Gasteiger partial charge in [-0.1, -0.05) is 27.2 Å². The number of aliphatic carboxylic acids is 2. The topological polar surface area (TPSA) is 77.8 Å². The van der Waals surface area contributed by atoms with Gasteiger partial charge in [0.1, 0.15) is 6.04 Å². The highest BCUT2D eigenvalue weighted by molar-refractivity contribution is 5.74. The molecule has 0 heterocycles. The normalized spacial score (nSPS) is 14.8. The first kappa shape index (κ1) is 14.9. The minimum absolute atomic E-state index is 0.0197. The first-order valence-electron chi connectivity index (χ1n) is 5.62. The summed E-state index contributed by atoms with van der Waals surface area (Å²) < 4.78 is 0. The Bertz CT molecular complexity index is 242. The Hall–Kier alpha value is -1.10. The Kier molecular flexibility index (Phi) is 6.72. The molecule has 0 aliphatic heterocycles. The fourth-order valence-electron chi connectivity index (χ4n) is 1.72. The summed E-state index contributed by atoms with van der Waals surface area (Å²) in [6, 6.07) is -0.589. The van der Waals surface area contributed by atoms with Crippen LogP contribution in [-0.2, 0) is 9.59 Å². The van der Waals surface area contributed by atoms with Gasteiger partial charge in [0.25, 0.3) is 0 Å². The molecular weight excluding hydrogens is 210 g/mol. The van der Waals surface area contributed by atoms with E-state index in [0.29, 0.717) is 6.54 Å². The van der Waals surface area contributed by atoms with Gasteiger partial charge in [0, 0.05) is 6.54 Å². The summed E-state index contributed by atoms with van der Waals surface area (Å²) in [4.78, 5) is 23.3. The maximum Gasteiger partial charge on any atom is 0.321 e. The molecule has 5 nitrogen and oxygen atoms in total. The third-order valence-electron chi connectivity index (χ3n) is 2.85. The molecule has 2 unspecified atom stereocenters. The van der Waals surface area contributed by atoms with Crippen molar-refractivity contribution in [2.45, 2.75) is 39.7 Å². The first-order chi connectivity index (χ1) is 7.43. The van der Waals surface area contributed by atoms with Gasteiger partial charge in [-0.2, -0.15) is 0 Å². The molecule has 0 spiro atoms. The zero-order valence-corrected chi connectivity index (χ0v) is 10.1. The van der Waals surface area contributed by atoms with Crippen molar-refractivity contribution in [3.63, 3.8) is 0 Å². The van der Waals surface area contributed by atoms with E-state index in [-0.39, 0.29) is 18.9 Å². The minimum Gasteiger partial charge on any atom is -0.481 e. The maximum atomic E-state index is 11.2. The molecular formula is C11H21NO4. The Labute approximate surface area is 96.1 Å². The summed E-state index contributed by atoms with van der Waals surface area (Å²) in [5.74, 6) is -1.75. The molecule has 0 bridgehead atoms. The van der Waals surface area contributed by atoms with E-state index in [4.69, 9.17) is 10.2 Å². The Morgan fingerprint density at radius 2 is 1.81 bits per heavy atom. The molecule has 0 aliphatic rings.